The van der Waals surface area contributed by atoms with E-state index in [0.29, 0.717) is 6.04 Å². The van der Waals surface area contributed by atoms with Crippen LogP contribution in [-0.2, 0) is 9.53 Å². The summed E-state index contributed by atoms with van der Waals surface area (Å²) < 4.78 is 5.73. The summed E-state index contributed by atoms with van der Waals surface area (Å²) in [5, 5.41) is 3.35. The molecule has 5 heteroatoms. The van der Waals surface area contributed by atoms with E-state index >= 15 is 0 Å². The highest BCUT2D eigenvalue weighted by atomic mass is 16.5. The molecule has 0 bridgehead atoms. The topological polar surface area (TPSA) is 44.8 Å². The van der Waals surface area contributed by atoms with E-state index in [0.717, 1.165) is 39.1 Å². The van der Waals surface area contributed by atoms with Gasteiger partial charge in [0.25, 0.3) is 0 Å². The lowest BCUT2D eigenvalue weighted by molar-refractivity contribution is -0.134. The molecule has 1 aliphatic heterocycles. The lowest BCUT2D eigenvalue weighted by atomic mass is 9.94. The number of morpholine rings is 1. The van der Waals surface area contributed by atoms with E-state index in [2.05, 4.69) is 17.3 Å². The van der Waals surface area contributed by atoms with Gasteiger partial charge in [-0.25, -0.2) is 0 Å². The predicted molar refractivity (Wildman–Crippen MR) is 84.3 cm³/mol. The maximum Gasteiger partial charge on any atom is 0.239 e. The van der Waals surface area contributed by atoms with Gasteiger partial charge >= 0.3 is 0 Å². The van der Waals surface area contributed by atoms with Crippen LogP contribution in [0.15, 0.2) is 0 Å². The van der Waals surface area contributed by atoms with Crippen molar-refractivity contribution < 1.29 is 9.53 Å². The number of ether oxygens (including phenoxy) is 1. The first-order valence-electron chi connectivity index (χ1n) is 8.38. The second kappa shape index (κ2) is 8.11. The van der Waals surface area contributed by atoms with Crippen LogP contribution in [0.1, 0.15) is 39.0 Å². The summed E-state index contributed by atoms with van der Waals surface area (Å²) >= 11 is 0. The van der Waals surface area contributed by atoms with Crippen molar-refractivity contribution in [1.29, 1.82) is 0 Å². The molecule has 1 N–H and O–H groups in total. The van der Waals surface area contributed by atoms with Gasteiger partial charge in [-0.05, 0) is 26.8 Å². The summed E-state index contributed by atoms with van der Waals surface area (Å²) in [7, 11) is 4.07. The molecule has 0 aromatic heterocycles. The molecule has 0 aromatic carbocycles. The maximum absolute atomic E-state index is 12.5. The first-order chi connectivity index (χ1) is 10.1. The standard InChI is InChI=1S/C16H31N3O2/c1-13(17-11-15-12-18(2)9-10-21-15)16(20)19(3)14-7-5-4-6-8-14/h13-15,17H,4-12H2,1-3H3/t13-,15-/m1/s1. The van der Waals surface area contributed by atoms with Gasteiger partial charge in [0.15, 0.2) is 0 Å². The van der Waals surface area contributed by atoms with Crippen LogP contribution < -0.4 is 5.32 Å². The first kappa shape index (κ1) is 16.7. The van der Waals surface area contributed by atoms with Crippen molar-refractivity contribution in [2.45, 2.75) is 57.2 Å². The minimum absolute atomic E-state index is 0.132. The van der Waals surface area contributed by atoms with E-state index in [9.17, 15) is 4.79 Å². The van der Waals surface area contributed by atoms with E-state index in [1.54, 1.807) is 0 Å². The Kier molecular flexibility index (Phi) is 6.45. The average molecular weight is 297 g/mol. The highest BCUT2D eigenvalue weighted by Crippen LogP contribution is 2.22. The molecule has 1 amide bonds. The van der Waals surface area contributed by atoms with E-state index in [-0.39, 0.29) is 18.1 Å². The zero-order valence-electron chi connectivity index (χ0n) is 13.8. The van der Waals surface area contributed by atoms with Gasteiger partial charge in [0.2, 0.25) is 5.91 Å². The molecule has 1 aliphatic carbocycles. The molecule has 5 nitrogen and oxygen atoms in total. The van der Waals surface area contributed by atoms with Crippen LogP contribution in [0.4, 0.5) is 0 Å². The van der Waals surface area contributed by atoms with Crippen molar-refractivity contribution in [3.8, 4) is 0 Å². The molecule has 21 heavy (non-hydrogen) atoms. The first-order valence-corrected chi connectivity index (χ1v) is 8.38. The van der Waals surface area contributed by atoms with Crippen LogP contribution in [0.5, 0.6) is 0 Å². The highest BCUT2D eigenvalue weighted by molar-refractivity contribution is 5.81. The Morgan fingerprint density at radius 1 is 1.38 bits per heavy atom. The molecule has 2 rings (SSSR count). The molecule has 1 saturated heterocycles. The van der Waals surface area contributed by atoms with Crippen molar-refractivity contribution in [1.82, 2.24) is 15.1 Å². The Morgan fingerprint density at radius 3 is 2.76 bits per heavy atom. The number of hydrogen-bond donors (Lipinski definition) is 1. The van der Waals surface area contributed by atoms with Crippen LogP contribution in [0, 0.1) is 0 Å². The fraction of sp³-hybridized carbons (Fsp3) is 0.938. The highest BCUT2D eigenvalue weighted by Gasteiger charge is 2.26. The third-order valence-electron chi connectivity index (χ3n) is 4.83. The van der Waals surface area contributed by atoms with E-state index in [1.165, 1.54) is 19.3 Å². The smallest absolute Gasteiger partial charge is 0.239 e. The molecule has 1 heterocycles. The summed E-state index contributed by atoms with van der Waals surface area (Å²) in [5.41, 5.74) is 0. The average Bonchev–Trinajstić information content (AvgIpc) is 2.52. The Morgan fingerprint density at radius 2 is 2.10 bits per heavy atom. The Labute approximate surface area is 129 Å². The maximum atomic E-state index is 12.5. The minimum atomic E-state index is -0.132. The van der Waals surface area contributed by atoms with Crippen molar-refractivity contribution in [3.05, 3.63) is 0 Å². The number of carbonyl (C=O) groups is 1. The second-order valence-electron chi connectivity index (χ2n) is 6.63. The zero-order chi connectivity index (χ0) is 15.2. The van der Waals surface area contributed by atoms with Gasteiger partial charge in [-0.3, -0.25) is 4.79 Å². The van der Waals surface area contributed by atoms with Crippen LogP contribution in [0.25, 0.3) is 0 Å². The number of hydrogen-bond acceptors (Lipinski definition) is 4. The van der Waals surface area contributed by atoms with E-state index in [1.807, 2.05) is 18.9 Å². The van der Waals surface area contributed by atoms with Crippen molar-refractivity contribution >= 4 is 5.91 Å². The number of rotatable bonds is 5. The number of nitrogens with one attached hydrogen (secondary N) is 1. The third-order valence-corrected chi connectivity index (χ3v) is 4.83. The molecule has 0 aromatic rings. The molecule has 0 spiro atoms. The number of carbonyl (C=O) groups excluding carboxylic acids is 1. The Bertz CT molecular complexity index is 331. The third kappa shape index (κ3) is 4.94. The molecular formula is C16H31N3O2. The lowest BCUT2D eigenvalue weighted by Crippen LogP contribution is -2.51. The van der Waals surface area contributed by atoms with Gasteiger partial charge in [0.05, 0.1) is 18.8 Å². The lowest BCUT2D eigenvalue weighted by Gasteiger charge is -2.34. The Balaban J connectivity index is 1.73. The molecule has 2 atom stereocenters. The molecule has 0 radical (unpaired) electrons. The number of nitrogens with zero attached hydrogens (tertiary/aromatic N) is 2. The normalized spacial score (nSPS) is 26.5. The van der Waals surface area contributed by atoms with Crippen LogP contribution in [-0.4, -0.2) is 74.2 Å². The zero-order valence-corrected chi connectivity index (χ0v) is 13.8. The summed E-state index contributed by atoms with van der Waals surface area (Å²) in [4.78, 5) is 16.7. The SMILES string of the molecule is C[C@@H](NC[C@@H]1CN(C)CCO1)C(=O)N(C)C1CCCCC1. The molecule has 0 unspecified atom stereocenters. The van der Waals surface area contributed by atoms with Crippen molar-refractivity contribution in [2.24, 2.45) is 0 Å². The summed E-state index contributed by atoms with van der Waals surface area (Å²) in [6.45, 7) is 5.43. The van der Waals surface area contributed by atoms with Gasteiger partial charge in [-0.2, -0.15) is 0 Å². The van der Waals surface area contributed by atoms with Gasteiger partial charge in [0, 0.05) is 32.7 Å². The molecule has 122 valence electrons. The predicted octanol–water partition coefficient (Wildman–Crippen LogP) is 1.09. The Hall–Kier alpha value is -0.650. The van der Waals surface area contributed by atoms with E-state index < -0.39 is 0 Å². The van der Waals surface area contributed by atoms with Crippen LogP contribution in [0.2, 0.25) is 0 Å². The number of amides is 1. The minimum Gasteiger partial charge on any atom is -0.374 e. The van der Waals surface area contributed by atoms with Gasteiger partial charge in [-0.15, -0.1) is 0 Å². The summed E-state index contributed by atoms with van der Waals surface area (Å²) in [5.74, 6) is 0.214. The van der Waals surface area contributed by atoms with Crippen LogP contribution >= 0.6 is 0 Å². The molecule has 1 saturated carbocycles. The molecule has 2 fully saturated rings. The van der Waals surface area contributed by atoms with Crippen molar-refractivity contribution in [2.75, 3.05) is 40.3 Å². The molecule has 2 aliphatic rings. The summed E-state index contributed by atoms with van der Waals surface area (Å²) in [6.07, 6.45) is 6.34. The van der Waals surface area contributed by atoms with Gasteiger partial charge in [0.1, 0.15) is 0 Å². The van der Waals surface area contributed by atoms with Crippen molar-refractivity contribution in [3.63, 3.8) is 0 Å². The van der Waals surface area contributed by atoms with Gasteiger partial charge in [-0.1, -0.05) is 19.3 Å². The fourth-order valence-electron chi connectivity index (χ4n) is 3.34. The van der Waals surface area contributed by atoms with E-state index in [4.69, 9.17) is 4.74 Å². The second-order valence-corrected chi connectivity index (χ2v) is 6.63. The largest absolute Gasteiger partial charge is 0.374 e. The quantitative estimate of drug-likeness (QED) is 0.825. The summed E-state index contributed by atoms with van der Waals surface area (Å²) in [6, 6.07) is 0.306. The fourth-order valence-corrected chi connectivity index (χ4v) is 3.34. The van der Waals surface area contributed by atoms with Crippen LogP contribution in [0.3, 0.4) is 0 Å². The monoisotopic (exact) mass is 297 g/mol. The van der Waals surface area contributed by atoms with Gasteiger partial charge < -0.3 is 19.9 Å². The number of likely N-dealkylation sites (N-methyl/N-ethyl adjacent to an activating group) is 2. The molecular weight excluding hydrogens is 266 g/mol.